The van der Waals surface area contributed by atoms with E-state index in [0.29, 0.717) is 9.99 Å². The fourth-order valence-electron chi connectivity index (χ4n) is 1.38. The zero-order valence-electron chi connectivity index (χ0n) is 8.65. The highest BCUT2D eigenvalue weighted by atomic mass is 79.9. The highest BCUT2D eigenvalue weighted by Gasteiger charge is 2.15. The smallest absolute Gasteiger partial charge is 0.306 e. The van der Waals surface area contributed by atoms with E-state index in [9.17, 15) is 8.42 Å². The summed E-state index contributed by atoms with van der Waals surface area (Å²) in [5.41, 5.74) is 0.485. The Morgan fingerprint density at radius 1 is 1.29 bits per heavy atom. The Kier molecular flexibility index (Phi) is 3.42. The Bertz CT molecular complexity index is 685. The van der Waals surface area contributed by atoms with Gasteiger partial charge >= 0.3 is 10.1 Å². The minimum absolute atomic E-state index is 0.200. The van der Waals surface area contributed by atoms with Gasteiger partial charge in [0.1, 0.15) is 5.52 Å². The monoisotopic (exact) mass is 379 g/mol. The summed E-state index contributed by atoms with van der Waals surface area (Å²) >= 11 is 6.65. The molecule has 2 aromatic rings. The Balaban J connectivity index is 2.78. The van der Waals surface area contributed by atoms with Gasteiger partial charge in [0.25, 0.3) is 0 Å². The molecule has 1 heterocycles. The summed E-state index contributed by atoms with van der Waals surface area (Å²) in [4.78, 5) is 4.14. The first kappa shape index (κ1) is 12.8. The van der Waals surface area contributed by atoms with Crippen molar-refractivity contribution in [3.63, 3.8) is 0 Å². The van der Waals surface area contributed by atoms with Gasteiger partial charge in [0.2, 0.25) is 0 Å². The zero-order chi connectivity index (χ0) is 12.6. The maximum absolute atomic E-state index is 11.2. The van der Waals surface area contributed by atoms with Crippen LogP contribution in [0.4, 0.5) is 0 Å². The van der Waals surface area contributed by atoms with Gasteiger partial charge in [-0.2, -0.15) is 8.42 Å². The predicted octanol–water partition coefficient (Wildman–Crippen LogP) is 3.10. The van der Waals surface area contributed by atoms with E-state index in [0.717, 1.165) is 16.1 Å². The van der Waals surface area contributed by atoms with Gasteiger partial charge in [-0.15, -0.1) is 0 Å². The quantitative estimate of drug-likeness (QED) is 0.751. The molecule has 1 aromatic carbocycles. The number of rotatable bonds is 2. The first-order valence-corrected chi connectivity index (χ1v) is 7.91. The molecule has 0 spiro atoms. The van der Waals surface area contributed by atoms with Gasteiger partial charge in [-0.25, -0.2) is 0 Å². The molecule has 0 saturated carbocycles. The number of hydrogen-bond acceptors (Lipinski definition) is 4. The molecule has 1 aromatic heterocycles. The second kappa shape index (κ2) is 4.55. The molecule has 4 nitrogen and oxygen atoms in total. The van der Waals surface area contributed by atoms with Crippen molar-refractivity contribution >= 4 is 52.9 Å². The van der Waals surface area contributed by atoms with Crippen molar-refractivity contribution < 1.29 is 12.6 Å². The predicted molar refractivity (Wildman–Crippen MR) is 72.6 cm³/mol. The van der Waals surface area contributed by atoms with Crippen LogP contribution in [0.3, 0.4) is 0 Å². The van der Waals surface area contributed by atoms with Crippen LogP contribution in [0.1, 0.15) is 0 Å². The van der Waals surface area contributed by atoms with Gasteiger partial charge in [0.05, 0.1) is 10.7 Å². The van der Waals surface area contributed by atoms with Crippen LogP contribution in [-0.2, 0) is 10.1 Å². The number of benzene rings is 1. The molecular formula is C10H7Br2NO3S. The maximum atomic E-state index is 11.2. The lowest BCUT2D eigenvalue weighted by atomic mass is 10.2. The first-order chi connectivity index (χ1) is 7.88. The van der Waals surface area contributed by atoms with Gasteiger partial charge in [-0.3, -0.25) is 4.98 Å². The summed E-state index contributed by atoms with van der Waals surface area (Å²) in [7, 11) is -3.59. The van der Waals surface area contributed by atoms with Crippen LogP contribution in [0.2, 0.25) is 0 Å². The first-order valence-electron chi connectivity index (χ1n) is 4.50. The molecule has 17 heavy (non-hydrogen) atoms. The van der Waals surface area contributed by atoms with E-state index in [4.69, 9.17) is 4.18 Å². The maximum Gasteiger partial charge on any atom is 0.306 e. The lowest BCUT2D eigenvalue weighted by Crippen LogP contribution is -2.07. The van der Waals surface area contributed by atoms with Gasteiger partial charge in [-0.05, 0) is 28.1 Å². The van der Waals surface area contributed by atoms with Crippen LogP contribution in [-0.4, -0.2) is 19.7 Å². The van der Waals surface area contributed by atoms with Crippen molar-refractivity contribution in [3.8, 4) is 5.75 Å². The highest BCUT2D eigenvalue weighted by molar-refractivity contribution is 9.11. The van der Waals surface area contributed by atoms with Crippen LogP contribution in [0.25, 0.3) is 10.9 Å². The molecular weight excluding hydrogens is 374 g/mol. The van der Waals surface area contributed by atoms with Crippen molar-refractivity contribution in [1.29, 1.82) is 0 Å². The minimum Gasteiger partial charge on any atom is -0.379 e. The third-order valence-electron chi connectivity index (χ3n) is 1.99. The Labute approximate surface area is 115 Å². The number of aromatic nitrogens is 1. The molecule has 0 N–H and O–H groups in total. The highest BCUT2D eigenvalue weighted by Crippen LogP contribution is 2.37. The summed E-state index contributed by atoms with van der Waals surface area (Å²) in [6.07, 6.45) is 2.58. The van der Waals surface area contributed by atoms with Crippen LogP contribution < -0.4 is 4.18 Å². The van der Waals surface area contributed by atoms with Gasteiger partial charge in [0, 0.05) is 16.1 Å². The van der Waals surface area contributed by atoms with Crippen molar-refractivity contribution in [2.24, 2.45) is 0 Å². The number of halogens is 2. The molecule has 7 heteroatoms. The summed E-state index contributed by atoms with van der Waals surface area (Å²) in [5.74, 6) is 0.200. The zero-order valence-corrected chi connectivity index (χ0v) is 12.6. The Morgan fingerprint density at radius 3 is 2.65 bits per heavy atom. The van der Waals surface area contributed by atoms with Gasteiger partial charge in [-0.1, -0.05) is 22.0 Å². The number of fused-ring (bicyclic) bond motifs is 1. The number of nitrogens with zero attached hydrogens (tertiary/aromatic N) is 1. The van der Waals surface area contributed by atoms with E-state index in [-0.39, 0.29) is 5.75 Å². The third kappa shape index (κ3) is 2.78. The molecule has 0 amide bonds. The number of hydrogen-bond donors (Lipinski definition) is 0. The third-order valence-corrected chi connectivity index (χ3v) is 3.70. The van der Waals surface area contributed by atoms with E-state index in [2.05, 4.69) is 36.8 Å². The van der Waals surface area contributed by atoms with Crippen LogP contribution in [0, 0.1) is 0 Å². The molecule has 0 bridgehead atoms. The molecule has 0 unspecified atom stereocenters. The molecule has 0 radical (unpaired) electrons. The van der Waals surface area contributed by atoms with Gasteiger partial charge < -0.3 is 4.18 Å². The number of pyridine rings is 1. The summed E-state index contributed by atoms with van der Waals surface area (Å²) in [6.45, 7) is 0. The van der Waals surface area contributed by atoms with E-state index in [1.54, 1.807) is 18.3 Å². The van der Waals surface area contributed by atoms with Crippen molar-refractivity contribution in [3.05, 3.63) is 33.3 Å². The van der Waals surface area contributed by atoms with E-state index < -0.39 is 10.1 Å². The van der Waals surface area contributed by atoms with Crippen molar-refractivity contribution in [2.45, 2.75) is 0 Å². The second-order valence-electron chi connectivity index (χ2n) is 3.36. The van der Waals surface area contributed by atoms with E-state index >= 15 is 0 Å². The summed E-state index contributed by atoms with van der Waals surface area (Å²) < 4.78 is 28.7. The molecule has 0 aliphatic rings. The molecule has 0 saturated heterocycles. The second-order valence-corrected chi connectivity index (χ2v) is 6.64. The summed E-state index contributed by atoms with van der Waals surface area (Å²) in [5, 5.41) is 0.786. The van der Waals surface area contributed by atoms with E-state index in [1.165, 1.54) is 0 Å². The van der Waals surface area contributed by atoms with Gasteiger partial charge in [0.15, 0.2) is 5.75 Å². The molecule has 90 valence electrons. The molecule has 0 aliphatic heterocycles. The van der Waals surface area contributed by atoms with E-state index in [1.807, 2.05) is 6.07 Å². The molecule has 0 aliphatic carbocycles. The molecule has 0 atom stereocenters. The fourth-order valence-corrected chi connectivity index (χ4v) is 3.31. The van der Waals surface area contributed by atoms with Crippen molar-refractivity contribution in [2.75, 3.05) is 6.26 Å². The fraction of sp³-hybridized carbons (Fsp3) is 0.100. The minimum atomic E-state index is -3.59. The molecule has 0 fully saturated rings. The van der Waals surface area contributed by atoms with Crippen LogP contribution >= 0.6 is 31.9 Å². The van der Waals surface area contributed by atoms with Crippen LogP contribution in [0.5, 0.6) is 5.75 Å². The van der Waals surface area contributed by atoms with Crippen LogP contribution in [0.15, 0.2) is 33.3 Å². The average molecular weight is 381 g/mol. The van der Waals surface area contributed by atoms with Crippen molar-refractivity contribution in [1.82, 2.24) is 4.98 Å². The SMILES string of the molecule is CS(=O)(=O)Oc1c(Br)cc(Br)c2cccnc12. The average Bonchev–Trinajstić information content (AvgIpc) is 2.23. The largest absolute Gasteiger partial charge is 0.379 e. The standard InChI is InChI=1S/C10H7Br2NO3S/c1-17(14,15)16-10-8(12)5-7(11)6-3-2-4-13-9(6)10/h2-5H,1H3. The Morgan fingerprint density at radius 2 is 2.00 bits per heavy atom. The normalized spacial score (nSPS) is 11.7. The molecule has 2 rings (SSSR count). The lowest BCUT2D eigenvalue weighted by Gasteiger charge is -2.09. The summed E-state index contributed by atoms with van der Waals surface area (Å²) in [6, 6.07) is 5.32. The Hall–Kier alpha value is -0.660. The lowest BCUT2D eigenvalue weighted by molar-refractivity contribution is 0.493. The topological polar surface area (TPSA) is 56.3 Å².